The van der Waals surface area contributed by atoms with Crippen molar-refractivity contribution in [1.29, 1.82) is 0 Å². The standard InChI is InChI=1S/C12H14F2O2/c13-12(14)10(15)7-11-9-4-2-1-3-8(9)5-6-16-11/h1-4,10-12,15H,5-7H2. The minimum Gasteiger partial charge on any atom is -0.387 e. The van der Waals surface area contributed by atoms with Gasteiger partial charge >= 0.3 is 0 Å². The van der Waals surface area contributed by atoms with Gasteiger partial charge in [-0.3, -0.25) is 0 Å². The van der Waals surface area contributed by atoms with Crippen LogP contribution in [-0.2, 0) is 11.2 Å². The molecular weight excluding hydrogens is 214 g/mol. The Balaban J connectivity index is 2.13. The Morgan fingerprint density at radius 1 is 1.38 bits per heavy atom. The Kier molecular flexibility index (Phi) is 3.51. The predicted molar refractivity (Wildman–Crippen MR) is 55.5 cm³/mol. The van der Waals surface area contributed by atoms with Crippen molar-refractivity contribution >= 4 is 0 Å². The third-order valence-corrected chi connectivity index (χ3v) is 2.84. The first-order valence-corrected chi connectivity index (χ1v) is 5.34. The molecule has 0 amide bonds. The molecule has 0 spiro atoms. The molecule has 0 fully saturated rings. The van der Waals surface area contributed by atoms with E-state index < -0.39 is 18.6 Å². The molecule has 1 heterocycles. The fraction of sp³-hybridized carbons (Fsp3) is 0.500. The van der Waals surface area contributed by atoms with E-state index in [-0.39, 0.29) is 6.42 Å². The molecule has 2 rings (SSSR count). The highest BCUT2D eigenvalue weighted by Gasteiger charge is 2.27. The molecule has 1 aliphatic rings. The van der Waals surface area contributed by atoms with Crippen LogP contribution in [0, 0.1) is 0 Å². The molecule has 2 unspecified atom stereocenters. The first-order chi connectivity index (χ1) is 7.68. The summed E-state index contributed by atoms with van der Waals surface area (Å²) in [6, 6.07) is 7.62. The quantitative estimate of drug-likeness (QED) is 0.860. The summed E-state index contributed by atoms with van der Waals surface area (Å²) >= 11 is 0. The SMILES string of the molecule is OC(CC1OCCc2ccccc21)C(F)F. The van der Waals surface area contributed by atoms with Crippen molar-refractivity contribution in [3.63, 3.8) is 0 Å². The molecule has 0 aromatic heterocycles. The zero-order valence-corrected chi connectivity index (χ0v) is 8.77. The van der Waals surface area contributed by atoms with E-state index >= 15 is 0 Å². The minimum atomic E-state index is -2.71. The maximum absolute atomic E-state index is 12.3. The lowest BCUT2D eigenvalue weighted by Crippen LogP contribution is -2.25. The molecular formula is C12H14F2O2. The van der Waals surface area contributed by atoms with Crippen molar-refractivity contribution in [2.75, 3.05) is 6.61 Å². The van der Waals surface area contributed by atoms with Gasteiger partial charge in [-0.1, -0.05) is 24.3 Å². The van der Waals surface area contributed by atoms with Gasteiger partial charge in [0.05, 0.1) is 12.7 Å². The number of ether oxygens (including phenoxy) is 1. The van der Waals surface area contributed by atoms with Crippen LogP contribution in [0.5, 0.6) is 0 Å². The van der Waals surface area contributed by atoms with Crippen LogP contribution in [0.3, 0.4) is 0 Å². The monoisotopic (exact) mass is 228 g/mol. The molecule has 0 saturated carbocycles. The van der Waals surface area contributed by atoms with Gasteiger partial charge in [0, 0.05) is 6.42 Å². The van der Waals surface area contributed by atoms with Crippen LogP contribution in [0.25, 0.3) is 0 Å². The number of hydrogen-bond donors (Lipinski definition) is 1. The summed E-state index contributed by atoms with van der Waals surface area (Å²) in [5.74, 6) is 0. The number of alkyl halides is 2. The molecule has 0 radical (unpaired) electrons. The lowest BCUT2D eigenvalue weighted by Gasteiger charge is -2.27. The zero-order chi connectivity index (χ0) is 11.5. The van der Waals surface area contributed by atoms with Crippen molar-refractivity contribution in [2.45, 2.75) is 31.5 Å². The van der Waals surface area contributed by atoms with Crippen molar-refractivity contribution in [3.8, 4) is 0 Å². The van der Waals surface area contributed by atoms with E-state index in [0.29, 0.717) is 6.61 Å². The summed E-state index contributed by atoms with van der Waals surface area (Å²) < 4.78 is 29.9. The van der Waals surface area contributed by atoms with E-state index in [1.54, 1.807) is 0 Å². The average molecular weight is 228 g/mol. The maximum atomic E-state index is 12.3. The van der Waals surface area contributed by atoms with Crippen molar-refractivity contribution in [3.05, 3.63) is 35.4 Å². The lowest BCUT2D eigenvalue weighted by atomic mass is 9.94. The normalized spacial score (nSPS) is 21.9. The Morgan fingerprint density at radius 3 is 2.88 bits per heavy atom. The number of hydrogen-bond acceptors (Lipinski definition) is 2. The minimum absolute atomic E-state index is 0.0469. The fourth-order valence-corrected chi connectivity index (χ4v) is 1.99. The second-order valence-corrected chi connectivity index (χ2v) is 3.95. The molecule has 88 valence electrons. The van der Waals surface area contributed by atoms with Crippen LogP contribution in [0.4, 0.5) is 8.78 Å². The van der Waals surface area contributed by atoms with E-state index in [1.807, 2.05) is 24.3 Å². The van der Waals surface area contributed by atoms with Crippen molar-refractivity contribution < 1.29 is 18.6 Å². The van der Waals surface area contributed by atoms with Gasteiger partial charge in [0.25, 0.3) is 6.43 Å². The first-order valence-electron chi connectivity index (χ1n) is 5.34. The predicted octanol–water partition coefficient (Wildman–Crippen LogP) is 2.32. The van der Waals surface area contributed by atoms with Gasteiger partial charge in [0.1, 0.15) is 6.10 Å². The van der Waals surface area contributed by atoms with Gasteiger partial charge in [-0.25, -0.2) is 8.78 Å². The molecule has 1 aromatic rings. The van der Waals surface area contributed by atoms with E-state index in [0.717, 1.165) is 17.5 Å². The summed E-state index contributed by atoms with van der Waals surface area (Å²) in [4.78, 5) is 0. The smallest absolute Gasteiger partial charge is 0.264 e. The van der Waals surface area contributed by atoms with Crippen molar-refractivity contribution in [1.82, 2.24) is 0 Å². The largest absolute Gasteiger partial charge is 0.387 e. The average Bonchev–Trinajstić information content (AvgIpc) is 2.29. The second kappa shape index (κ2) is 4.89. The number of aliphatic hydroxyl groups excluding tert-OH is 1. The molecule has 2 nitrogen and oxygen atoms in total. The molecule has 0 aliphatic carbocycles. The number of halogens is 2. The summed E-state index contributed by atoms with van der Waals surface area (Å²) in [6.07, 6.45) is -3.98. The Morgan fingerprint density at radius 2 is 2.12 bits per heavy atom. The van der Waals surface area contributed by atoms with Crippen molar-refractivity contribution in [2.24, 2.45) is 0 Å². The van der Waals surface area contributed by atoms with E-state index in [9.17, 15) is 13.9 Å². The van der Waals surface area contributed by atoms with Gasteiger partial charge in [0.15, 0.2) is 0 Å². The summed E-state index contributed by atoms with van der Waals surface area (Å²) in [7, 11) is 0. The highest BCUT2D eigenvalue weighted by atomic mass is 19.3. The van der Waals surface area contributed by atoms with Crippen LogP contribution < -0.4 is 0 Å². The van der Waals surface area contributed by atoms with Crippen LogP contribution in [0.15, 0.2) is 24.3 Å². The highest BCUT2D eigenvalue weighted by Crippen LogP contribution is 2.31. The molecule has 16 heavy (non-hydrogen) atoms. The van der Waals surface area contributed by atoms with Gasteiger partial charge in [-0.15, -0.1) is 0 Å². The Hall–Kier alpha value is -1.00. The molecule has 2 atom stereocenters. The third kappa shape index (κ3) is 2.39. The first kappa shape index (κ1) is 11.5. The maximum Gasteiger partial charge on any atom is 0.264 e. The van der Waals surface area contributed by atoms with Gasteiger partial charge in [-0.2, -0.15) is 0 Å². The van der Waals surface area contributed by atoms with E-state index in [2.05, 4.69) is 0 Å². The second-order valence-electron chi connectivity index (χ2n) is 3.95. The zero-order valence-electron chi connectivity index (χ0n) is 8.77. The Labute approximate surface area is 92.9 Å². The van der Waals surface area contributed by atoms with E-state index in [1.165, 1.54) is 0 Å². The van der Waals surface area contributed by atoms with Gasteiger partial charge < -0.3 is 9.84 Å². The van der Waals surface area contributed by atoms with E-state index in [4.69, 9.17) is 4.74 Å². The van der Waals surface area contributed by atoms with Gasteiger partial charge in [0.2, 0.25) is 0 Å². The fourth-order valence-electron chi connectivity index (χ4n) is 1.99. The molecule has 0 saturated heterocycles. The van der Waals surface area contributed by atoms with Crippen LogP contribution in [0.2, 0.25) is 0 Å². The number of benzene rings is 1. The van der Waals surface area contributed by atoms with Gasteiger partial charge in [-0.05, 0) is 17.5 Å². The number of aliphatic hydroxyl groups is 1. The summed E-state index contributed by atoms with van der Waals surface area (Å²) in [5.41, 5.74) is 2.05. The molecule has 1 aliphatic heterocycles. The van der Waals surface area contributed by atoms with Crippen LogP contribution >= 0.6 is 0 Å². The molecule has 1 N–H and O–H groups in total. The number of rotatable bonds is 3. The lowest BCUT2D eigenvalue weighted by molar-refractivity contribution is -0.0533. The summed E-state index contributed by atoms with van der Waals surface area (Å²) in [5, 5.41) is 9.17. The molecule has 0 bridgehead atoms. The highest BCUT2D eigenvalue weighted by molar-refractivity contribution is 5.30. The third-order valence-electron chi connectivity index (χ3n) is 2.84. The summed E-state index contributed by atoms with van der Waals surface area (Å²) in [6.45, 7) is 0.525. The van der Waals surface area contributed by atoms with Crippen LogP contribution in [0.1, 0.15) is 23.7 Å². The number of fused-ring (bicyclic) bond motifs is 1. The topological polar surface area (TPSA) is 29.5 Å². The van der Waals surface area contributed by atoms with Crippen LogP contribution in [-0.4, -0.2) is 24.2 Å². The molecule has 4 heteroatoms. The Bertz CT molecular complexity index is 355. The molecule has 1 aromatic carbocycles.